The first-order chi connectivity index (χ1) is 13.9. The van der Waals surface area contributed by atoms with E-state index in [9.17, 15) is 5.26 Å². The van der Waals surface area contributed by atoms with Gasteiger partial charge in [-0.25, -0.2) is 9.55 Å². The van der Waals surface area contributed by atoms with Crippen molar-refractivity contribution in [3.8, 4) is 11.9 Å². The minimum Gasteiger partial charge on any atom is -0.269 e. The summed E-state index contributed by atoms with van der Waals surface area (Å²) >= 11 is 0. The Morgan fingerprint density at radius 3 is 2.68 bits per heavy atom. The van der Waals surface area contributed by atoms with Crippen molar-refractivity contribution < 1.29 is 4.40 Å². The molecule has 0 unspecified atom stereocenters. The van der Waals surface area contributed by atoms with Crippen molar-refractivity contribution in [1.29, 1.82) is 5.26 Å². The summed E-state index contributed by atoms with van der Waals surface area (Å²) in [6, 6.07) is 19.0. The van der Waals surface area contributed by atoms with Crippen LogP contribution in [0.1, 0.15) is 29.5 Å². The van der Waals surface area contributed by atoms with Crippen LogP contribution in [0.25, 0.3) is 33.5 Å². The van der Waals surface area contributed by atoms with Gasteiger partial charge in [-0.2, -0.15) is 9.66 Å². The second-order valence-electron chi connectivity index (χ2n) is 7.40. The van der Waals surface area contributed by atoms with E-state index < -0.39 is 0 Å². The smallest absolute Gasteiger partial charge is 0.250 e. The van der Waals surface area contributed by atoms with Crippen molar-refractivity contribution in [2.45, 2.75) is 25.7 Å². The molecular weight excluding hydrogens is 346 g/mol. The third-order valence-corrected chi connectivity index (χ3v) is 5.90. The van der Waals surface area contributed by atoms with Crippen molar-refractivity contribution in [3.63, 3.8) is 0 Å². The second kappa shape index (κ2) is 5.67. The molecule has 0 amide bonds. The normalized spacial score (nSPS) is 13.8. The van der Waals surface area contributed by atoms with Gasteiger partial charge < -0.3 is 0 Å². The van der Waals surface area contributed by atoms with E-state index in [0.29, 0.717) is 0 Å². The van der Waals surface area contributed by atoms with Gasteiger partial charge in [0.1, 0.15) is 33.7 Å². The molecule has 2 aromatic carbocycles. The first-order valence-electron chi connectivity index (χ1n) is 9.69. The molecule has 5 nitrogen and oxygen atoms in total. The highest BCUT2D eigenvalue weighted by atomic mass is 15.2. The molecule has 28 heavy (non-hydrogen) atoms. The van der Waals surface area contributed by atoms with Gasteiger partial charge in [0.25, 0.3) is 0 Å². The minimum absolute atomic E-state index is 0.777. The average Bonchev–Trinajstić information content (AvgIpc) is 3.34. The minimum atomic E-state index is 0.777. The van der Waals surface area contributed by atoms with Crippen LogP contribution in [0.4, 0.5) is 0 Å². The van der Waals surface area contributed by atoms with E-state index in [2.05, 4.69) is 43.2 Å². The van der Waals surface area contributed by atoms with Gasteiger partial charge in [-0.1, -0.05) is 24.3 Å². The van der Waals surface area contributed by atoms with Crippen molar-refractivity contribution >= 4 is 27.7 Å². The molecule has 3 heterocycles. The maximum absolute atomic E-state index is 10.0. The Hall–Kier alpha value is -3.65. The second-order valence-corrected chi connectivity index (χ2v) is 7.40. The molecule has 0 atom stereocenters. The molecule has 0 spiro atoms. The SMILES string of the molecule is N#Cc1c2c(c(-n3cnc4ccccc43)[n+]3c1[nH]c1ccccc13)CCCC2. The summed E-state index contributed by atoms with van der Waals surface area (Å²) in [6.45, 7) is 0. The van der Waals surface area contributed by atoms with Gasteiger partial charge in [-0.05, 0) is 55.5 Å². The van der Waals surface area contributed by atoms with Gasteiger partial charge in [-0.3, -0.25) is 4.98 Å². The first kappa shape index (κ1) is 15.4. The highest BCUT2D eigenvalue weighted by molar-refractivity contribution is 5.80. The summed E-state index contributed by atoms with van der Waals surface area (Å²) in [5.41, 5.74) is 8.28. The third-order valence-electron chi connectivity index (χ3n) is 5.90. The molecule has 5 aromatic rings. The highest BCUT2D eigenvalue weighted by Gasteiger charge is 2.30. The Balaban J connectivity index is 1.88. The number of nitriles is 1. The topological polar surface area (TPSA) is 61.5 Å². The van der Waals surface area contributed by atoms with Crippen LogP contribution in [0, 0.1) is 11.3 Å². The third kappa shape index (κ3) is 1.95. The molecule has 0 bridgehead atoms. The molecule has 0 aliphatic heterocycles. The summed E-state index contributed by atoms with van der Waals surface area (Å²) in [6.07, 6.45) is 6.11. The quantitative estimate of drug-likeness (QED) is 0.457. The molecule has 1 aliphatic carbocycles. The van der Waals surface area contributed by atoms with Gasteiger partial charge in [0.2, 0.25) is 11.5 Å². The highest BCUT2D eigenvalue weighted by Crippen LogP contribution is 2.32. The zero-order chi connectivity index (χ0) is 18.7. The number of nitrogens with zero attached hydrogens (tertiary/aromatic N) is 4. The predicted octanol–water partition coefficient (Wildman–Crippen LogP) is 4.00. The molecule has 0 saturated heterocycles. The lowest BCUT2D eigenvalue weighted by molar-refractivity contribution is -0.476. The van der Waals surface area contributed by atoms with Crippen LogP contribution < -0.4 is 4.40 Å². The zero-order valence-corrected chi connectivity index (χ0v) is 15.3. The van der Waals surface area contributed by atoms with Crippen molar-refractivity contribution in [1.82, 2.24) is 14.5 Å². The molecular formula is C23H18N5+. The van der Waals surface area contributed by atoms with E-state index in [1.54, 1.807) is 0 Å². The Morgan fingerprint density at radius 2 is 1.79 bits per heavy atom. The molecule has 6 rings (SSSR count). The van der Waals surface area contributed by atoms with E-state index in [0.717, 1.165) is 64.8 Å². The van der Waals surface area contributed by atoms with Crippen LogP contribution in [0.3, 0.4) is 0 Å². The van der Waals surface area contributed by atoms with Crippen LogP contribution in [-0.4, -0.2) is 14.5 Å². The average molecular weight is 364 g/mol. The molecule has 3 aromatic heterocycles. The van der Waals surface area contributed by atoms with Crippen molar-refractivity contribution in [3.05, 3.63) is 71.5 Å². The van der Waals surface area contributed by atoms with Crippen LogP contribution >= 0.6 is 0 Å². The van der Waals surface area contributed by atoms with Crippen molar-refractivity contribution in [2.75, 3.05) is 0 Å². The molecule has 1 aliphatic rings. The van der Waals surface area contributed by atoms with E-state index >= 15 is 0 Å². The van der Waals surface area contributed by atoms with Gasteiger partial charge >= 0.3 is 0 Å². The molecule has 0 fully saturated rings. The number of para-hydroxylation sites is 4. The summed E-state index contributed by atoms with van der Waals surface area (Å²) in [7, 11) is 0. The first-order valence-corrected chi connectivity index (χ1v) is 9.69. The number of fused-ring (bicyclic) bond motifs is 5. The number of pyridine rings is 1. The zero-order valence-electron chi connectivity index (χ0n) is 15.3. The van der Waals surface area contributed by atoms with E-state index in [1.165, 1.54) is 11.1 Å². The van der Waals surface area contributed by atoms with E-state index in [4.69, 9.17) is 0 Å². The molecule has 0 saturated carbocycles. The number of rotatable bonds is 1. The maximum Gasteiger partial charge on any atom is 0.250 e. The number of nitrogens with one attached hydrogen (secondary N) is 1. The monoisotopic (exact) mass is 364 g/mol. The Kier molecular flexibility index (Phi) is 3.12. The standard InChI is InChI=1S/C23H17N5/c24-13-17-15-7-1-2-8-16(15)23(27-14-25-18-9-3-5-11-20(18)27)28-21-12-6-4-10-19(21)26-22(17)28/h3-6,9-12,14H,1-2,7-8H2/p+1. The van der Waals surface area contributed by atoms with Crippen LogP contribution in [0.5, 0.6) is 0 Å². The predicted molar refractivity (Wildman–Crippen MR) is 107 cm³/mol. The van der Waals surface area contributed by atoms with Gasteiger partial charge in [0.15, 0.2) is 6.33 Å². The number of hydrogen-bond acceptors (Lipinski definition) is 2. The van der Waals surface area contributed by atoms with Crippen LogP contribution in [0.2, 0.25) is 0 Å². The van der Waals surface area contributed by atoms with Gasteiger partial charge in [-0.15, -0.1) is 0 Å². The number of benzene rings is 2. The van der Waals surface area contributed by atoms with Crippen molar-refractivity contribution in [2.24, 2.45) is 0 Å². The summed E-state index contributed by atoms with van der Waals surface area (Å²) in [4.78, 5) is 8.14. The van der Waals surface area contributed by atoms with Crippen LogP contribution in [0.15, 0.2) is 54.9 Å². The fourth-order valence-electron chi connectivity index (χ4n) is 4.68. The maximum atomic E-state index is 10.0. The lowest BCUT2D eigenvalue weighted by Gasteiger charge is -2.19. The fourth-order valence-corrected chi connectivity index (χ4v) is 4.68. The lowest BCUT2D eigenvalue weighted by Crippen LogP contribution is -2.32. The summed E-state index contributed by atoms with van der Waals surface area (Å²) < 4.78 is 4.40. The van der Waals surface area contributed by atoms with Gasteiger partial charge in [0.05, 0.1) is 0 Å². The fraction of sp³-hybridized carbons (Fsp3) is 0.174. The number of H-pyrrole nitrogens is 1. The largest absolute Gasteiger partial charge is 0.269 e. The van der Waals surface area contributed by atoms with E-state index in [-0.39, 0.29) is 0 Å². The number of imidazole rings is 2. The summed E-state index contributed by atoms with van der Waals surface area (Å²) in [5.74, 6) is 1.11. The number of aromatic amines is 1. The molecule has 1 N–H and O–H groups in total. The Morgan fingerprint density at radius 1 is 1.00 bits per heavy atom. The molecule has 0 radical (unpaired) electrons. The van der Waals surface area contributed by atoms with Gasteiger partial charge in [0, 0.05) is 5.56 Å². The Bertz CT molecular complexity index is 1430. The molecule has 5 heteroatoms. The molecule has 134 valence electrons. The lowest BCUT2D eigenvalue weighted by atomic mass is 9.89. The number of aromatic nitrogens is 4. The number of hydrogen-bond donors (Lipinski definition) is 1. The van der Waals surface area contributed by atoms with Crippen LogP contribution in [-0.2, 0) is 12.8 Å². The summed E-state index contributed by atoms with van der Waals surface area (Å²) in [5, 5.41) is 10.0. The van der Waals surface area contributed by atoms with E-state index in [1.807, 2.05) is 36.7 Å². The Labute approximate surface area is 161 Å².